The van der Waals surface area contributed by atoms with Crippen molar-refractivity contribution in [2.24, 2.45) is 0 Å². The predicted octanol–water partition coefficient (Wildman–Crippen LogP) is 4.85. The number of hydrogen-bond acceptors (Lipinski definition) is 1. The van der Waals surface area contributed by atoms with E-state index >= 15 is 0 Å². The molecule has 0 aliphatic carbocycles. The second-order valence-electron chi connectivity index (χ2n) is 5.96. The highest BCUT2D eigenvalue weighted by Gasteiger charge is 2.14. The lowest BCUT2D eigenvalue weighted by molar-refractivity contribution is 0.407. The number of para-hydroxylation sites is 1. The highest BCUT2D eigenvalue weighted by atomic mass is 28.3. The van der Waals surface area contributed by atoms with Crippen LogP contribution in [0.15, 0.2) is 24.3 Å². The Balaban J connectivity index is 3.04. The van der Waals surface area contributed by atoms with Crippen molar-refractivity contribution in [1.29, 1.82) is 0 Å². The minimum atomic E-state index is -1.32. The van der Waals surface area contributed by atoms with Crippen molar-refractivity contribution < 1.29 is 4.74 Å². The summed E-state index contributed by atoms with van der Waals surface area (Å²) in [6.07, 6.45) is 3.54. The van der Waals surface area contributed by atoms with Gasteiger partial charge in [-0.25, -0.2) is 0 Å². The largest absolute Gasteiger partial charge is 0.496 e. The highest BCUT2D eigenvalue weighted by Crippen LogP contribution is 2.29. The summed E-state index contributed by atoms with van der Waals surface area (Å²) in [4.78, 5) is 0. The van der Waals surface area contributed by atoms with Crippen molar-refractivity contribution in [2.75, 3.05) is 7.11 Å². The molecule has 0 radical (unpaired) electrons. The predicted molar refractivity (Wildman–Crippen MR) is 86.4 cm³/mol. The first-order valence-corrected chi connectivity index (χ1v) is 10.6. The van der Waals surface area contributed by atoms with Gasteiger partial charge in [0.15, 0.2) is 0 Å². The number of hydrogen-bond donors (Lipinski definition) is 0. The second-order valence-corrected chi connectivity index (χ2v) is 10.7. The maximum atomic E-state index is 5.48. The van der Waals surface area contributed by atoms with Crippen molar-refractivity contribution in [2.45, 2.75) is 51.7 Å². The first-order valence-electron chi connectivity index (χ1n) is 7.13. The Kier molecular flexibility index (Phi) is 6.18. The number of benzene rings is 1. The molecular weight excluding hydrogens is 248 g/mol. The van der Waals surface area contributed by atoms with Gasteiger partial charge in [0.1, 0.15) is 13.8 Å². The highest BCUT2D eigenvalue weighted by molar-refractivity contribution is 6.83. The number of unbranched alkanes of at least 4 members (excludes halogenated alkanes) is 1. The molecule has 0 fully saturated rings. The lowest BCUT2D eigenvalue weighted by Gasteiger charge is -2.15. The van der Waals surface area contributed by atoms with Crippen molar-refractivity contribution in [3.63, 3.8) is 0 Å². The summed E-state index contributed by atoms with van der Waals surface area (Å²) in [6.45, 7) is 9.10. The van der Waals surface area contributed by atoms with Gasteiger partial charge < -0.3 is 4.74 Å². The molecule has 0 N–H and O–H groups in total. The van der Waals surface area contributed by atoms with E-state index in [4.69, 9.17) is 4.74 Å². The molecule has 0 bridgehead atoms. The lowest BCUT2D eigenvalue weighted by Crippen LogP contribution is -2.17. The smallest absolute Gasteiger partial charge is 0.129 e. The maximum Gasteiger partial charge on any atom is 0.129 e. The molecule has 0 saturated carbocycles. The van der Waals surface area contributed by atoms with Gasteiger partial charge in [0.05, 0.1) is 7.11 Å². The summed E-state index contributed by atoms with van der Waals surface area (Å²) < 4.78 is 5.48. The van der Waals surface area contributed by atoms with Gasteiger partial charge in [0.2, 0.25) is 0 Å². The van der Waals surface area contributed by atoms with Gasteiger partial charge in [-0.05, 0) is 12.5 Å². The van der Waals surface area contributed by atoms with E-state index in [1.165, 1.54) is 18.4 Å². The minimum Gasteiger partial charge on any atom is -0.496 e. The van der Waals surface area contributed by atoms with Crippen molar-refractivity contribution in [3.8, 4) is 17.2 Å². The van der Waals surface area contributed by atoms with E-state index in [1.807, 2.05) is 12.1 Å². The van der Waals surface area contributed by atoms with Crippen molar-refractivity contribution in [1.82, 2.24) is 0 Å². The van der Waals surface area contributed by atoms with Crippen LogP contribution in [0.1, 0.15) is 37.7 Å². The van der Waals surface area contributed by atoms with Gasteiger partial charge in [-0.15, -0.1) is 11.5 Å². The summed E-state index contributed by atoms with van der Waals surface area (Å²) in [5.41, 5.74) is 4.75. The molecule has 0 saturated heterocycles. The topological polar surface area (TPSA) is 9.23 Å². The standard InChI is InChI=1S/C17H26OSi/c1-6-7-10-15(13-14-19(3,4)5)16-11-8-9-12-17(16)18-2/h8-9,11-12,15H,6-7,10H2,1-5H3/t15-/m0/s1. The number of methoxy groups -OCH3 is 1. The molecule has 0 aromatic heterocycles. The van der Waals surface area contributed by atoms with E-state index in [0.717, 1.165) is 12.2 Å². The van der Waals surface area contributed by atoms with E-state index in [2.05, 4.69) is 50.2 Å². The lowest BCUT2D eigenvalue weighted by atomic mass is 9.93. The first kappa shape index (κ1) is 15.9. The molecule has 1 aromatic carbocycles. The van der Waals surface area contributed by atoms with E-state index < -0.39 is 8.07 Å². The molecule has 0 amide bonds. The third-order valence-corrected chi connectivity index (χ3v) is 3.88. The molecule has 1 nitrogen and oxygen atoms in total. The SMILES string of the molecule is CCCC[C@@H](C#C[Si](C)(C)C)c1ccccc1OC. The van der Waals surface area contributed by atoms with Crippen molar-refractivity contribution in [3.05, 3.63) is 29.8 Å². The van der Waals surface area contributed by atoms with E-state index in [9.17, 15) is 0 Å². The summed E-state index contributed by atoms with van der Waals surface area (Å²) in [6, 6.07) is 8.28. The van der Waals surface area contributed by atoms with Crippen molar-refractivity contribution >= 4 is 8.07 Å². The molecule has 1 aromatic rings. The van der Waals surface area contributed by atoms with E-state index in [1.54, 1.807) is 7.11 Å². The van der Waals surface area contributed by atoms with Gasteiger partial charge in [-0.3, -0.25) is 0 Å². The van der Waals surface area contributed by atoms with Crippen LogP contribution in [0, 0.1) is 11.5 Å². The fourth-order valence-corrected chi connectivity index (χ4v) is 2.58. The Morgan fingerprint density at radius 2 is 1.89 bits per heavy atom. The molecule has 1 atom stereocenters. The Morgan fingerprint density at radius 1 is 1.21 bits per heavy atom. The van der Waals surface area contributed by atoms with Crippen LogP contribution in [0.2, 0.25) is 19.6 Å². The van der Waals surface area contributed by atoms with Gasteiger partial charge >= 0.3 is 0 Å². The average Bonchev–Trinajstić information content (AvgIpc) is 2.38. The quantitative estimate of drug-likeness (QED) is 0.551. The fraction of sp³-hybridized carbons (Fsp3) is 0.529. The molecule has 1 rings (SSSR count). The summed E-state index contributed by atoms with van der Waals surface area (Å²) in [5.74, 6) is 4.79. The van der Waals surface area contributed by atoms with Gasteiger partial charge in [0.25, 0.3) is 0 Å². The monoisotopic (exact) mass is 274 g/mol. The Labute approximate surface area is 119 Å². The fourth-order valence-electron chi connectivity index (χ4n) is 1.97. The van der Waals surface area contributed by atoms with Gasteiger partial charge in [0, 0.05) is 11.5 Å². The second kappa shape index (κ2) is 7.40. The van der Waals surface area contributed by atoms with E-state index in [-0.39, 0.29) is 0 Å². The molecular formula is C17H26OSi. The summed E-state index contributed by atoms with van der Waals surface area (Å²) in [7, 11) is 0.416. The molecule has 0 heterocycles. The first-order chi connectivity index (χ1) is 8.98. The average molecular weight is 274 g/mol. The van der Waals surface area contributed by atoms with E-state index in [0.29, 0.717) is 5.92 Å². The van der Waals surface area contributed by atoms with Crippen LogP contribution < -0.4 is 4.74 Å². The Bertz CT molecular complexity index is 448. The Hall–Kier alpha value is -1.20. The Morgan fingerprint density at radius 3 is 2.47 bits per heavy atom. The third-order valence-electron chi connectivity index (χ3n) is 2.98. The zero-order chi connectivity index (χ0) is 14.3. The maximum absolute atomic E-state index is 5.48. The van der Waals surface area contributed by atoms with Crippen LogP contribution in [-0.2, 0) is 0 Å². The molecule has 0 spiro atoms. The molecule has 2 heteroatoms. The zero-order valence-corrected chi connectivity index (χ0v) is 13.9. The number of rotatable bonds is 5. The van der Waals surface area contributed by atoms with Crippen LogP contribution in [-0.4, -0.2) is 15.2 Å². The van der Waals surface area contributed by atoms with Crippen LogP contribution in [0.5, 0.6) is 5.75 Å². The van der Waals surface area contributed by atoms with Gasteiger partial charge in [-0.1, -0.05) is 57.6 Å². The molecule has 0 unspecified atom stereocenters. The zero-order valence-electron chi connectivity index (χ0n) is 12.9. The third kappa shape index (κ3) is 5.53. The molecule has 0 aliphatic rings. The minimum absolute atomic E-state index is 0.308. The van der Waals surface area contributed by atoms with Crippen LogP contribution >= 0.6 is 0 Å². The number of ether oxygens (including phenoxy) is 1. The normalized spacial score (nSPS) is 12.5. The van der Waals surface area contributed by atoms with Crippen LogP contribution in [0.25, 0.3) is 0 Å². The molecule has 104 valence electrons. The van der Waals surface area contributed by atoms with Crippen LogP contribution in [0.4, 0.5) is 0 Å². The molecule has 19 heavy (non-hydrogen) atoms. The van der Waals surface area contributed by atoms with Crippen LogP contribution in [0.3, 0.4) is 0 Å². The van der Waals surface area contributed by atoms with Gasteiger partial charge in [-0.2, -0.15) is 0 Å². The molecule has 0 aliphatic heterocycles. The summed E-state index contributed by atoms with van der Waals surface area (Å²) in [5, 5.41) is 0. The summed E-state index contributed by atoms with van der Waals surface area (Å²) >= 11 is 0.